The van der Waals surface area contributed by atoms with Crippen LogP contribution in [-0.2, 0) is 6.42 Å². The minimum absolute atomic E-state index is 0.755. The first-order valence-electron chi connectivity index (χ1n) is 8.01. The fourth-order valence-corrected chi connectivity index (χ4v) is 2.80. The third-order valence-corrected chi connectivity index (χ3v) is 4.16. The second-order valence-corrected chi connectivity index (χ2v) is 5.76. The van der Waals surface area contributed by atoms with Gasteiger partial charge >= 0.3 is 0 Å². The zero-order chi connectivity index (χ0) is 15.1. The van der Waals surface area contributed by atoms with E-state index >= 15 is 0 Å². The van der Waals surface area contributed by atoms with Crippen LogP contribution in [0.3, 0.4) is 0 Å². The van der Waals surface area contributed by atoms with Gasteiger partial charge in [-0.05, 0) is 55.3 Å². The second kappa shape index (κ2) is 8.04. The van der Waals surface area contributed by atoms with Crippen LogP contribution in [0.15, 0.2) is 36.4 Å². The largest absolute Gasteiger partial charge is 0.496 e. The Morgan fingerprint density at radius 1 is 1.05 bits per heavy atom. The number of fused-ring (bicyclic) bond motifs is 1. The minimum Gasteiger partial charge on any atom is -0.496 e. The van der Waals surface area contributed by atoms with E-state index in [2.05, 4.69) is 55.6 Å². The number of methoxy groups -OCH3 is 1. The fourth-order valence-electron chi connectivity index (χ4n) is 2.80. The van der Waals surface area contributed by atoms with Gasteiger partial charge in [0.2, 0.25) is 0 Å². The molecule has 2 aromatic carbocycles. The number of ether oxygens (including phenoxy) is 1. The van der Waals surface area contributed by atoms with E-state index in [0.717, 1.165) is 31.2 Å². The Labute approximate surface area is 128 Å². The van der Waals surface area contributed by atoms with Gasteiger partial charge in [0, 0.05) is 5.39 Å². The average molecular weight is 285 g/mol. The summed E-state index contributed by atoms with van der Waals surface area (Å²) in [4.78, 5) is 0. The van der Waals surface area contributed by atoms with Gasteiger partial charge < -0.3 is 10.1 Å². The summed E-state index contributed by atoms with van der Waals surface area (Å²) in [5, 5.41) is 5.96. The first-order valence-corrected chi connectivity index (χ1v) is 8.01. The molecule has 0 aliphatic heterocycles. The van der Waals surface area contributed by atoms with Crippen molar-refractivity contribution in [2.45, 2.75) is 33.1 Å². The van der Waals surface area contributed by atoms with Gasteiger partial charge in [-0.15, -0.1) is 0 Å². The van der Waals surface area contributed by atoms with E-state index in [1.165, 1.54) is 29.2 Å². The molecule has 0 amide bonds. The van der Waals surface area contributed by atoms with Gasteiger partial charge in [0.25, 0.3) is 0 Å². The first-order chi connectivity index (χ1) is 10.3. The van der Waals surface area contributed by atoms with Crippen molar-refractivity contribution in [3.8, 4) is 5.75 Å². The quantitative estimate of drug-likeness (QED) is 0.725. The summed E-state index contributed by atoms with van der Waals surface area (Å²) < 4.78 is 5.47. The lowest BCUT2D eigenvalue weighted by molar-refractivity contribution is 0.419. The maximum absolute atomic E-state index is 5.47. The smallest absolute Gasteiger partial charge is 0.126 e. The number of aryl methyl sites for hydroxylation is 1. The molecule has 114 valence electrons. The Morgan fingerprint density at radius 3 is 2.52 bits per heavy atom. The normalized spacial score (nSPS) is 12.5. The molecule has 0 aromatic heterocycles. The second-order valence-electron chi connectivity index (χ2n) is 5.76. The monoisotopic (exact) mass is 285 g/mol. The summed E-state index contributed by atoms with van der Waals surface area (Å²) in [5.74, 6) is 1.72. The van der Waals surface area contributed by atoms with Crippen molar-refractivity contribution >= 4 is 10.8 Å². The van der Waals surface area contributed by atoms with Crippen LogP contribution in [-0.4, -0.2) is 20.2 Å². The van der Waals surface area contributed by atoms with Crippen molar-refractivity contribution in [3.63, 3.8) is 0 Å². The highest BCUT2D eigenvalue weighted by molar-refractivity contribution is 5.91. The van der Waals surface area contributed by atoms with Gasteiger partial charge in [-0.2, -0.15) is 0 Å². The van der Waals surface area contributed by atoms with Crippen molar-refractivity contribution in [3.05, 3.63) is 42.0 Å². The molecule has 2 aromatic rings. The molecule has 2 heteroatoms. The van der Waals surface area contributed by atoms with Crippen LogP contribution in [0.1, 0.15) is 32.3 Å². The zero-order valence-electron chi connectivity index (χ0n) is 13.5. The van der Waals surface area contributed by atoms with Gasteiger partial charge in [0.1, 0.15) is 5.75 Å². The molecule has 0 fully saturated rings. The molecule has 0 radical (unpaired) electrons. The molecule has 0 heterocycles. The first kappa shape index (κ1) is 15.8. The molecule has 1 atom stereocenters. The molecule has 1 unspecified atom stereocenters. The lowest BCUT2D eigenvalue weighted by atomic mass is 9.94. The van der Waals surface area contributed by atoms with E-state index in [1.807, 2.05) is 0 Å². The molecule has 0 spiro atoms. The molecular weight excluding hydrogens is 258 g/mol. The topological polar surface area (TPSA) is 21.3 Å². The van der Waals surface area contributed by atoms with Crippen LogP contribution in [0, 0.1) is 5.92 Å². The van der Waals surface area contributed by atoms with Crippen molar-refractivity contribution in [1.82, 2.24) is 5.32 Å². The van der Waals surface area contributed by atoms with E-state index in [4.69, 9.17) is 4.74 Å². The third kappa shape index (κ3) is 4.21. The summed E-state index contributed by atoms with van der Waals surface area (Å²) in [6.45, 7) is 6.70. The highest BCUT2D eigenvalue weighted by Gasteiger charge is 2.08. The number of nitrogens with one attached hydrogen (secondary N) is 1. The summed E-state index contributed by atoms with van der Waals surface area (Å²) in [5.41, 5.74) is 1.43. The predicted octanol–water partition coefficient (Wildman–Crippen LogP) is 4.42. The molecular formula is C19H27NO. The molecule has 0 saturated carbocycles. The van der Waals surface area contributed by atoms with E-state index in [1.54, 1.807) is 7.11 Å². The molecule has 1 N–H and O–H groups in total. The molecule has 2 rings (SSSR count). The SMILES string of the molecule is CCNCCC(C)CCc1ccc(OC)c2ccccc12. The standard InChI is InChI=1S/C19H27NO/c1-4-20-14-13-15(2)9-10-16-11-12-19(21-3)18-8-6-5-7-17(16)18/h5-8,11-12,15,20H,4,9-10,13-14H2,1-3H3. The molecule has 2 nitrogen and oxygen atoms in total. The Kier molecular flexibility index (Phi) is 6.06. The van der Waals surface area contributed by atoms with Crippen molar-refractivity contribution in [2.75, 3.05) is 20.2 Å². The maximum atomic E-state index is 5.47. The van der Waals surface area contributed by atoms with Crippen LogP contribution in [0.2, 0.25) is 0 Å². The molecule has 21 heavy (non-hydrogen) atoms. The number of rotatable bonds is 8. The van der Waals surface area contributed by atoms with Crippen molar-refractivity contribution in [1.29, 1.82) is 0 Å². The summed E-state index contributed by atoms with van der Waals surface area (Å²) >= 11 is 0. The molecule has 0 saturated heterocycles. The average Bonchev–Trinajstić information content (AvgIpc) is 2.52. The molecule has 0 aliphatic rings. The Bertz CT molecular complexity index is 564. The van der Waals surface area contributed by atoms with Crippen LogP contribution >= 0.6 is 0 Å². The zero-order valence-corrected chi connectivity index (χ0v) is 13.5. The van der Waals surface area contributed by atoms with Crippen LogP contribution in [0.25, 0.3) is 10.8 Å². The molecule has 0 aliphatic carbocycles. The highest BCUT2D eigenvalue weighted by Crippen LogP contribution is 2.29. The van der Waals surface area contributed by atoms with Crippen molar-refractivity contribution in [2.24, 2.45) is 5.92 Å². The van der Waals surface area contributed by atoms with Gasteiger partial charge in [-0.3, -0.25) is 0 Å². The Hall–Kier alpha value is -1.54. The van der Waals surface area contributed by atoms with Gasteiger partial charge in [-0.1, -0.05) is 44.2 Å². The van der Waals surface area contributed by atoms with Crippen molar-refractivity contribution < 1.29 is 4.74 Å². The van der Waals surface area contributed by atoms with Crippen LogP contribution < -0.4 is 10.1 Å². The number of hydrogen-bond acceptors (Lipinski definition) is 2. The van der Waals surface area contributed by atoms with E-state index in [-0.39, 0.29) is 0 Å². The summed E-state index contributed by atoms with van der Waals surface area (Å²) in [6, 6.07) is 12.9. The maximum Gasteiger partial charge on any atom is 0.126 e. The van der Waals surface area contributed by atoms with Gasteiger partial charge in [-0.25, -0.2) is 0 Å². The molecule has 0 bridgehead atoms. The number of hydrogen-bond donors (Lipinski definition) is 1. The number of benzene rings is 2. The lowest BCUT2D eigenvalue weighted by Gasteiger charge is -2.14. The summed E-state index contributed by atoms with van der Waals surface area (Å²) in [7, 11) is 1.74. The lowest BCUT2D eigenvalue weighted by Crippen LogP contribution is -2.16. The third-order valence-electron chi connectivity index (χ3n) is 4.16. The highest BCUT2D eigenvalue weighted by atomic mass is 16.5. The van der Waals surface area contributed by atoms with Gasteiger partial charge in [0.05, 0.1) is 7.11 Å². The predicted molar refractivity (Wildman–Crippen MR) is 91.1 cm³/mol. The van der Waals surface area contributed by atoms with Crippen LogP contribution in [0.4, 0.5) is 0 Å². The van der Waals surface area contributed by atoms with Crippen LogP contribution in [0.5, 0.6) is 5.75 Å². The minimum atomic E-state index is 0.755. The van der Waals surface area contributed by atoms with E-state index < -0.39 is 0 Å². The summed E-state index contributed by atoms with van der Waals surface area (Å²) in [6.07, 6.45) is 3.63. The fraction of sp³-hybridized carbons (Fsp3) is 0.474. The van der Waals surface area contributed by atoms with Gasteiger partial charge in [0.15, 0.2) is 0 Å². The Morgan fingerprint density at radius 2 is 1.81 bits per heavy atom. The van der Waals surface area contributed by atoms with E-state index in [9.17, 15) is 0 Å². The Balaban J connectivity index is 2.05. The van der Waals surface area contributed by atoms with E-state index in [0.29, 0.717) is 0 Å².